The average molecular weight is 528 g/mol. The summed E-state index contributed by atoms with van der Waals surface area (Å²) in [5.41, 5.74) is 2.27. The van der Waals surface area contributed by atoms with Crippen molar-refractivity contribution in [2.24, 2.45) is 5.92 Å². The van der Waals surface area contributed by atoms with Crippen LogP contribution in [0.1, 0.15) is 47.8 Å². The molecule has 0 radical (unpaired) electrons. The highest BCUT2D eigenvalue weighted by molar-refractivity contribution is 6.09. The summed E-state index contributed by atoms with van der Waals surface area (Å²) >= 11 is 0. The number of H-pyrrole nitrogens is 1. The van der Waals surface area contributed by atoms with Crippen molar-refractivity contribution in [3.05, 3.63) is 41.1 Å². The number of fused-ring (bicyclic) bond motifs is 1. The van der Waals surface area contributed by atoms with E-state index in [1.807, 2.05) is 0 Å². The Morgan fingerprint density at radius 2 is 2.03 bits per heavy atom. The third-order valence-corrected chi connectivity index (χ3v) is 7.23. The molecule has 202 valence electrons. The van der Waals surface area contributed by atoms with Crippen LogP contribution in [0.5, 0.6) is 5.75 Å². The zero-order valence-corrected chi connectivity index (χ0v) is 21.6. The molecule has 1 aliphatic heterocycles. The second-order valence-corrected chi connectivity index (χ2v) is 10.2. The highest BCUT2D eigenvalue weighted by atomic mass is 19.1. The topological polar surface area (TPSA) is 120 Å². The van der Waals surface area contributed by atoms with E-state index in [0.29, 0.717) is 35.0 Å². The van der Waals surface area contributed by atoms with Crippen molar-refractivity contribution in [2.45, 2.75) is 58.4 Å². The molecular weight excluding hydrogens is 496 g/mol. The summed E-state index contributed by atoms with van der Waals surface area (Å²) in [5, 5.41) is 12.2. The van der Waals surface area contributed by atoms with Gasteiger partial charge in [-0.1, -0.05) is 6.07 Å². The molecule has 11 heteroatoms. The first-order chi connectivity index (χ1) is 18.2. The molecule has 1 aliphatic carbocycles. The van der Waals surface area contributed by atoms with Crippen molar-refractivity contribution < 1.29 is 28.2 Å². The molecule has 5 rings (SSSR count). The molecule has 3 aromatic rings. The van der Waals surface area contributed by atoms with Crippen LogP contribution in [0.2, 0.25) is 0 Å². The lowest BCUT2D eigenvalue weighted by molar-refractivity contribution is -0.141. The number of aryl methyl sites for hydroxylation is 2. The highest BCUT2D eigenvalue weighted by Crippen LogP contribution is 2.39. The largest absolute Gasteiger partial charge is 0.492 e. The molecular formula is C27H31F2N5O4. The number of carbonyl (C=O) groups excluding carboxylic acids is 2. The Balaban J connectivity index is 1.44. The van der Waals surface area contributed by atoms with Crippen molar-refractivity contribution >= 4 is 22.8 Å². The smallest absolute Gasteiger partial charge is 0.255 e. The Labute approximate surface area is 218 Å². The second kappa shape index (κ2) is 10.3. The second-order valence-electron chi connectivity index (χ2n) is 10.2. The van der Waals surface area contributed by atoms with E-state index in [0.717, 1.165) is 12.8 Å². The predicted octanol–water partition coefficient (Wildman–Crippen LogP) is 3.22. The fourth-order valence-electron chi connectivity index (χ4n) is 4.86. The van der Waals surface area contributed by atoms with Gasteiger partial charge in [0, 0.05) is 12.2 Å². The molecule has 3 N–H and O–H groups in total. The summed E-state index contributed by atoms with van der Waals surface area (Å²) in [7, 11) is 0. The van der Waals surface area contributed by atoms with Crippen LogP contribution in [-0.4, -0.2) is 74.8 Å². The number of likely N-dealkylation sites (tertiary alicyclic amines) is 1. The lowest BCUT2D eigenvalue weighted by Gasteiger charge is -2.35. The molecule has 1 aromatic carbocycles. The molecule has 2 aromatic heterocycles. The quantitative estimate of drug-likeness (QED) is 0.434. The minimum Gasteiger partial charge on any atom is -0.492 e. The van der Waals surface area contributed by atoms with Gasteiger partial charge in [-0.3, -0.25) is 9.59 Å². The number of nitrogens with zero attached hydrogens (tertiary/aromatic N) is 3. The zero-order valence-electron chi connectivity index (χ0n) is 21.6. The van der Waals surface area contributed by atoms with E-state index in [4.69, 9.17) is 4.74 Å². The normalized spacial score (nSPS) is 20.4. The number of halogens is 2. The van der Waals surface area contributed by atoms with Crippen molar-refractivity contribution in [1.82, 2.24) is 25.2 Å². The van der Waals surface area contributed by atoms with E-state index in [2.05, 4.69) is 20.3 Å². The number of rotatable bonds is 7. The van der Waals surface area contributed by atoms with Gasteiger partial charge in [0.1, 0.15) is 41.4 Å². The monoisotopic (exact) mass is 527 g/mol. The third-order valence-electron chi connectivity index (χ3n) is 7.23. The van der Waals surface area contributed by atoms with Crippen molar-refractivity contribution in [3.63, 3.8) is 0 Å². The molecule has 1 saturated heterocycles. The standard InChI is InChI=1S/C27H31F2N5O4/c1-13-4-7-19(38-11-16-5-6-16)21(22(13)29)24-25-23(30-12-31-24)20(14(2)32-25)26(36)33-18-8-9-34(10-17(18)28)27(37)15(3)35/h4,7,12,15-18,32,35H,5-6,8-11H2,1-3H3,(H,33,36)/t15-,17-,18+/m0/s1. The number of aliphatic hydroxyl groups is 1. The van der Waals surface area contributed by atoms with E-state index in [1.54, 1.807) is 26.0 Å². The van der Waals surface area contributed by atoms with Crippen LogP contribution in [0.3, 0.4) is 0 Å². The fourth-order valence-corrected chi connectivity index (χ4v) is 4.86. The SMILES string of the molecule is Cc1ccc(OCC2CC2)c(-c2ncnc3c(C(=O)N[C@@H]4CCN(C(=O)[C@H](C)O)C[C@@H]4F)c(C)[nH]c23)c1F. The Kier molecular flexibility index (Phi) is 7.04. The van der Waals surface area contributed by atoms with Gasteiger partial charge in [-0.05, 0) is 57.6 Å². The number of ether oxygens (including phenoxy) is 1. The van der Waals surface area contributed by atoms with Crippen LogP contribution in [0.25, 0.3) is 22.3 Å². The molecule has 0 spiro atoms. The maximum absolute atomic E-state index is 15.5. The summed E-state index contributed by atoms with van der Waals surface area (Å²) < 4.78 is 36.3. The van der Waals surface area contributed by atoms with Gasteiger partial charge in [0.2, 0.25) is 0 Å². The lowest BCUT2D eigenvalue weighted by Crippen LogP contribution is -2.55. The van der Waals surface area contributed by atoms with Crippen LogP contribution in [-0.2, 0) is 4.79 Å². The van der Waals surface area contributed by atoms with Gasteiger partial charge in [-0.15, -0.1) is 0 Å². The number of amides is 2. The van der Waals surface area contributed by atoms with Gasteiger partial charge >= 0.3 is 0 Å². The molecule has 2 amide bonds. The van der Waals surface area contributed by atoms with Gasteiger partial charge in [0.05, 0.1) is 35.8 Å². The number of aromatic nitrogens is 3. The first kappa shape index (κ1) is 26.0. The number of alkyl halides is 1. The average Bonchev–Trinajstić information content (AvgIpc) is 3.65. The van der Waals surface area contributed by atoms with Crippen molar-refractivity contribution in [3.8, 4) is 17.0 Å². The van der Waals surface area contributed by atoms with E-state index >= 15 is 4.39 Å². The van der Waals surface area contributed by atoms with E-state index in [-0.39, 0.29) is 41.8 Å². The van der Waals surface area contributed by atoms with Crippen LogP contribution in [0.4, 0.5) is 8.78 Å². The number of aliphatic hydroxyl groups excluding tert-OH is 1. The molecule has 9 nitrogen and oxygen atoms in total. The number of hydrogen-bond acceptors (Lipinski definition) is 6. The number of benzene rings is 1. The molecule has 2 aliphatic rings. The summed E-state index contributed by atoms with van der Waals surface area (Å²) in [6, 6.07) is 2.57. The van der Waals surface area contributed by atoms with E-state index in [1.165, 1.54) is 18.2 Å². The Hall–Kier alpha value is -3.60. The number of hydrogen-bond donors (Lipinski definition) is 3. The molecule has 1 saturated carbocycles. The molecule has 3 heterocycles. The van der Waals surface area contributed by atoms with E-state index < -0.39 is 35.9 Å². The number of carbonyl (C=O) groups is 2. The Morgan fingerprint density at radius 3 is 2.71 bits per heavy atom. The summed E-state index contributed by atoms with van der Waals surface area (Å²) in [6.07, 6.45) is 0.930. The Bertz CT molecular complexity index is 1390. The summed E-state index contributed by atoms with van der Waals surface area (Å²) in [6.45, 7) is 5.18. The maximum Gasteiger partial charge on any atom is 0.255 e. The number of piperidine rings is 1. The minimum atomic E-state index is -1.50. The van der Waals surface area contributed by atoms with Crippen molar-refractivity contribution in [2.75, 3.05) is 19.7 Å². The fraction of sp³-hybridized carbons (Fsp3) is 0.481. The van der Waals surface area contributed by atoms with Crippen LogP contribution >= 0.6 is 0 Å². The third kappa shape index (κ3) is 4.94. The first-order valence-corrected chi connectivity index (χ1v) is 12.8. The van der Waals surface area contributed by atoms with Gasteiger partial charge in [0.15, 0.2) is 0 Å². The summed E-state index contributed by atoms with van der Waals surface area (Å²) in [4.78, 5) is 38.4. The molecule has 2 fully saturated rings. The van der Waals surface area contributed by atoms with Gasteiger partial charge in [-0.25, -0.2) is 18.7 Å². The number of nitrogens with one attached hydrogen (secondary N) is 2. The number of aromatic amines is 1. The minimum absolute atomic E-state index is 0.198. The Morgan fingerprint density at radius 1 is 1.26 bits per heavy atom. The lowest BCUT2D eigenvalue weighted by atomic mass is 10.0. The molecule has 3 atom stereocenters. The predicted molar refractivity (Wildman–Crippen MR) is 136 cm³/mol. The zero-order chi connectivity index (χ0) is 27.1. The summed E-state index contributed by atoms with van der Waals surface area (Å²) in [5.74, 6) is -0.696. The van der Waals surface area contributed by atoms with E-state index in [9.17, 15) is 19.1 Å². The van der Waals surface area contributed by atoms with Gasteiger partial charge in [-0.2, -0.15) is 0 Å². The van der Waals surface area contributed by atoms with Crippen LogP contribution in [0.15, 0.2) is 18.5 Å². The maximum atomic E-state index is 15.5. The molecule has 0 bridgehead atoms. The van der Waals surface area contributed by atoms with Crippen LogP contribution in [0, 0.1) is 25.6 Å². The molecule has 0 unspecified atom stereocenters. The van der Waals surface area contributed by atoms with Crippen molar-refractivity contribution in [1.29, 1.82) is 0 Å². The highest BCUT2D eigenvalue weighted by Gasteiger charge is 2.35. The molecule has 38 heavy (non-hydrogen) atoms. The van der Waals surface area contributed by atoms with Gasteiger partial charge < -0.3 is 25.0 Å². The van der Waals surface area contributed by atoms with Crippen LogP contribution < -0.4 is 10.1 Å². The van der Waals surface area contributed by atoms with Gasteiger partial charge in [0.25, 0.3) is 11.8 Å². The first-order valence-electron chi connectivity index (χ1n) is 12.8.